The van der Waals surface area contributed by atoms with E-state index in [2.05, 4.69) is 40.3 Å². The van der Waals surface area contributed by atoms with Gasteiger partial charge >= 0.3 is 0 Å². The van der Waals surface area contributed by atoms with E-state index >= 15 is 0 Å². The van der Waals surface area contributed by atoms with Crippen molar-refractivity contribution in [3.8, 4) is 11.1 Å². The highest BCUT2D eigenvalue weighted by Crippen LogP contribution is 2.37. The SMILES string of the molecule is O=C(CSc1ncnc2sccc12)c1ccc2c(c1)-c1ccccc1C2. The number of aromatic nitrogens is 2. The molecule has 0 fully saturated rings. The average Bonchev–Trinajstić information content (AvgIpc) is 3.30. The largest absolute Gasteiger partial charge is 0.293 e. The van der Waals surface area contributed by atoms with Gasteiger partial charge in [0, 0.05) is 10.9 Å². The van der Waals surface area contributed by atoms with Crippen LogP contribution in [0.15, 0.2) is 65.3 Å². The van der Waals surface area contributed by atoms with E-state index in [1.165, 1.54) is 34.0 Å². The molecule has 3 nitrogen and oxygen atoms in total. The van der Waals surface area contributed by atoms with E-state index < -0.39 is 0 Å². The Morgan fingerprint density at radius 2 is 1.92 bits per heavy atom. The van der Waals surface area contributed by atoms with Crippen LogP contribution in [0, 0.1) is 0 Å². The molecule has 0 bridgehead atoms. The first-order valence-corrected chi connectivity index (χ1v) is 10.2. The van der Waals surface area contributed by atoms with E-state index in [1.54, 1.807) is 17.7 Å². The van der Waals surface area contributed by atoms with Gasteiger partial charge in [-0.3, -0.25) is 4.79 Å². The van der Waals surface area contributed by atoms with Crippen molar-refractivity contribution in [3.05, 3.63) is 76.9 Å². The van der Waals surface area contributed by atoms with Crippen LogP contribution in [0.25, 0.3) is 21.3 Å². The van der Waals surface area contributed by atoms with Crippen LogP contribution in [0.2, 0.25) is 0 Å². The molecular weight excluding hydrogens is 360 g/mol. The minimum atomic E-state index is 0.129. The lowest BCUT2D eigenvalue weighted by Gasteiger charge is -2.06. The van der Waals surface area contributed by atoms with Crippen LogP contribution < -0.4 is 0 Å². The van der Waals surface area contributed by atoms with Crippen molar-refractivity contribution < 1.29 is 4.79 Å². The second kappa shape index (κ2) is 6.34. The second-order valence-electron chi connectivity index (χ2n) is 6.24. The first kappa shape index (κ1) is 15.7. The molecule has 26 heavy (non-hydrogen) atoms. The van der Waals surface area contributed by atoms with Gasteiger partial charge in [-0.05, 0) is 46.2 Å². The van der Waals surface area contributed by atoms with Crippen LogP contribution in [0.3, 0.4) is 0 Å². The number of hydrogen-bond donors (Lipinski definition) is 0. The van der Waals surface area contributed by atoms with Gasteiger partial charge in [0.05, 0.1) is 5.75 Å². The maximum Gasteiger partial charge on any atom is 0.173 e. The molecule has 0 spiro atoms. The van der Waals surface area contributed by atoms with E-state index in [1.807, 2.05) is 23.6 Å². The summed E-state index contributed by atoms with van der Waals surface area (Å²) in [4.78, 5) is 22.3. The highest BCUT2D eigenvalue weighted by molar-refractivity contribution is 8.00. The Kier molecular flexibility index (Phi) is 3.84. The number of hydrogen-bond acceptors (Lipinski definition) is 5. The number of benzene rings is 2. The van der Waals surface area contributed by atoms with E-state index in [4.69, 9.17) is 0 Å². The molecule has 0 atom stereocenters. The monoisotopic (exact) mass is 374 g/mol. The van der Waals surface area contributed by atoms with E-state index in [-0.39, 0.29) is 5.78 Å². The maximum atomic E-state index is 12.7. The Bertz CT molecular complexity index is 1150. The molecule has 0 radical (unpaired) electrons. The second-order valence-corrected chi connectivity index (χ2v) is 8.09. The smallest absolute Gasteiger partial charge is 0.173 e. The minimum absolute atomic E-state index is 0.129. The Labute approximate surface area is 159 Å². The van der Waals surface area contributed by atoms with Crippen LogP contribution in [0.4, 0.5) is 0 Å². The van der Waals surface area contributed by atoms with Crippen LogP contribution in [0.1, 0.15) is 21.5 Å². The van der Waals surface area contributed by atoms with Crippen LogP contribution in [0.5, 0.6) is 0 Å². The molecule has 0 saturated carbocycles. The molecule has 2 aromatic heterocycles. The predicted molar refractivity (Wildman–Crippen MR) is 107 cm³/mol. The van der Waals surface area contributed by atoms with Crippen LogP contribution in [-0.4, -0.2) is 21.5 Å². The van der Waals surface area contributed by atoms with Crippen molar-refractivity contribution in [1.29, 1.82) is 0 Å². The molecule has 0 N–H and O–H groups in total. The lowest BCUT2D eigenvalue weighted by Crippen LogP contribution is -2.03. The van der Waals surface area contributed by atoms with Gasteiger partial charge in [-0.1, -0.05) is 48.2 Å². The number of ketones is 1. The zero-order chi connectivity index (χ0) is 17.5. The van der Waals surface area contributed by atoms with Crippen LogP contribution in [-0.2, 0) is 6.42 Å². The first-order chi connectivity index (χ1) is 12.8. The van der Waals surface area contributed by atoms with Gasteiger partial charge in [0.2, 0.25) is 0 Å². The third-order valence-electron chi connectivity index (χ3n) is 4.69. The topological polar surface area (TPSA) is 42.9 Å². The average molecular weight is 374 g/mol. The zero-order valence-electron chi connectivity index (χ0n) is 13.8. The van der Waals surface area contributed by atoms with E-state index in [0.29, 0.717) is 5.75 Å². The van der Waals surface area contributed by atoms with Crippen molar-refractivity contribution in [2.45, 2.75) is 11.4 Å². The zero-order valence-corrected chi connectivity index (χ0v) is 15.4. The summed E-state index contributed by atoms with van der Waals surface area (Å²) in [5.41, 5.74) is 5.84. The summed E-state index contributed by atoms with van der Waals surface area (Å²) in [5.74, 6) is 0.506. The van der Waals surface area contributed by atoms with Crippen molar-refractivity contribution in [2.24, 2.45) is 0 Å². The Morgan fingerprint density at radius 3 is 2.88 bits per heavy atom. The summed E-state index contributed by atoms with van der Waals surface area (Å²) >= 11 is 3.07. The Balaban J connectivity index is 1.40. The van der Waals surface area contributed by atoms with Gasteiger partial charge in [-0.25, -0.2) is 9.97 Å². The number of fused-ring (bicyclic) bond motifs is 4. The number of rotatable bonds is 4. The van der Waals surface area contributed by atoms with Crippen molar-refractivity contribution in [3.63, 3.8) is 0 Å². The number of carbonyl (C=O) groups is 1. The Hall–Kier alpha value is -2.50. The fourth-order valence-electron chi connectivity index (χ4n) is 3.40. The molecule has 126 valence electrons. The van der Waals surface area contributed by atoms with Gasteiger partial charge in [0.25, 0.3) is 0 Å². The molecule has 0 saturated heterocycles. The molecule has 2 heterocycles. The number of thiophene rings is 1. The van der Waals surface area contributed by atoms with E-state index in [0.717, 1.165) is 27.2 Å². The van der Waals surface area contributed by atoms with Crippen molar-refractivity contribution >= 4 is 39.1 Å². The Morgan fingerprint density at radius 1 is 1.04 bits per heavy atom. The summed E-state index contributed by atoms with van der Waals surface area (Å²) in [5, 5.41) is 3.90. The van der Waals surface area contributed by atoms with Gasteiger partial charge in [0.1, 0.15) is 16.2 Å². The third-order valence-corrected chi connectivity index (χ3v) is 6.51. The summed E-state index contributed by atoms with van der Waals surface area (Å²) in [7, 11) is 0. The molecule has 1 aliphatic carbocycles. The summed E-state index contributed by atoms with van der Waals surface area (Å²) < 4.78 is 0. The van der Waals surface area contributed by atoms with E-state index in [9.17, 15) is 4.79 Å². The summed E-state index contributed by atoms with van der Waals surface area (Å²) in [6.07, 6.45) is 2.52. The fraction of sp³-hybridized carbons (Fsp3) is 0.0952. The van der Waals surface area contributed by atoms with Crippen LogP contribution >= 0.6 is 23.1 Å². The predicted octanol–water partition coefficient (Wildman–Crippen LogP) is 5.24. The number of nitrogens with zero attached hydrogens (tertiary/aromatic N) is 2. The molecule has 5 heteroatoms. The van der Waals surface area contributed by atoms with Crippen molar-refractivity contribution in [1.82, 2.24) is 9.97 Å². The summed E-state index contributed by atoms with van der Waals surface area (Å²) in [6, 6.07) is 16.5. The molecule has 1 aliphatic rings. The number of Topliss-reactive ketones (excluding diaryl/α,β-unsaturated/α-hetero) is 1. The standard InChI is InChI=1S/C21H14N2OS2/c24-19(11-26-21-17-7-8-25-20(17)22-12-23-21)15-6-5-14-9-13-3-1-2-4-16(13)18(14)10-15/h1-8,10,12H,9,11H2. The van der Waals surface area contributed by atoms with Gasteiger partial charge in [-0.15, -0.1) is 11.3 Å². The molecule has 0 unspecified atom stereocenters. The lowest BCUT2D eigenvalue weighted by molar-refractivity contribution is 0.102. The first-order valence-electron chi connectivity index (χ1n) is 8.35. The maximum absolute atomic E-state index is 12.7. The van der Waals surface area contributed by atoms with Gasteiger partial charge in [-0.2, -0.15) is 0 Å². The highest BCUT2D eigenvalue weighted by atomic mass is 32.2. The molecule has 5 rings (SSSR count). The number of thioether (sulfide) groups is 1. The minimum Gasteiger partial charge on any atom is -0.293 e. The fourth-order valence-corrected chi connectivity index (χ4v) is 5.07. The molecule has 0 aliphatic heterocycles. The molecule has 0 amide bonds. The lowest BCUT2D eigenvalue weighted by atomic mass is 10.0. The molecule has 2 aromatic carbocycles. The molecule has 4 aromatic rings. The number of carbonyl (C=O) groups excluding carboxylic acids is 1. The van der Waals surface area contributed by atoms with Gasteiger partial charge < -0.3 is 0 Å². The summed E-state index contributed by atoms with van der Waals surface area (Å²) in [6.45, 7) is 0. The quantitative estimate of drug-likeness (QED) is 0.245. The highest BCUT2D eigenvalue weighted by Gasteiger charge is 2.19. The van der Waals surface area contributed by atoms with Gasteiger partial charge in [0.15, 0.2) is 5.78 Å². The third kappa shape index (κ3) is 2.64. The van der Waals surface area contributed by atoms with Crippen molar-refractivity contribution in [2.75, 3.05) is 5.75 Å². The normalized spacial score (nSPS) is 12.2. The molecular formula is C21H14N2OS2.